The second-order valence-electron chi connectivity index (χ2n) is 5.52. The lowest BCUT2D eigenvalue weighted by molar-refractivity contribution is -0.908. The average molecular weight is 312 g/mol. The van der Waals surface area contributed by atoms with Crippen LogP contribution in [-0.2, 0) is 11.3 Å². The average Bonchev–Trinajstić information content (AvgIpc) is 2.56. The number of likely N-dealkylation sites (N-methyl/N-ethyl adjacent to an activating group) is 1. The Hall–Kier alpha value is -2.71. The molecule has 23 heavy (non-hydrogen) atoms. The molecule has 0 saturated heterocycles. The van der Waals surface area contributed by atoms with Crippen molar-refractivity contribution >= 4 is 11.6 Å². The Morgan fingerprint density at radius 3 is 2.74 bits per heavy atom. The fraction of sp³-hybridized carbons (Fsp3) is 0.222. The molecule has 0 aliphatic heterocycles. The number of rotatable bonds is 5. The fourth-order valence-electron chi connectivity index (χ4n) is 2.24. The van der Waals surface area contributed by atoms with Gasteiger partial charge in [0, 0.05) is 11.3 Å². The van der Waals surface area contributed by atoms with E-state index >= 15 is 0 Å². The molecule has 2 N–H and O–H groups in total. The molecule has 0 aliphatic carbocycles. The van der Waals surface area contributed by atoms with Crippen molar-refractivity contribution in [1.82, 2.24) is 0 Å². The van der Waals surface area contributed by atoms with E-state index in [0.29, 0.717) is 23.4 Å². The van der Waals surface area contributed by atoms with E-state index in [9.17, 15) is 9.18 Å². The molecule has 1 unspecified atom stereocenters. The minimum Gasteiger partial charge on any atom is -0.324 e. The van der Waals surface area contributed by atoms with E-state index in [1.54, 1.807) is 49.4 Å². The maximum Gasteiger partial charge on any atom is 0.282 e. The molecule has 2 atom stereocenters. The summed E-state index contributed by atoms with van der Waals surface area (Å²) in [5.74, 6) is -0.435. The SMILES string of the molecule is C[C@@H](C(=O)Nc1cccc(C#N)c1)[NH+](C)Cc1ccccc1F. The second kappa shape index (κ2) is 7.52. The third-order valence-electron chi connectivity index (χ3n) is 3.82. The molecule has 0 fully saturated rings. The molecule has 2 aromatic carbocycles. The van der Waals surface area contributed by atoms with Gasteiger partial charge in [-0.1, -0.05) is 24.3 Å². The summed E-state index contributed by atoms with van der Waals surface area (Å²) in [5, 5.41) is 11.7. The van der Waals surface area contributed by atoms with Gasteiger partial charge >= 0.3 is 0 Å². The predicted octanol–water partition coefficient (Wildman–Crippen LogP) is 1.74. The van der Waals surface area contributed by atoms with Crippen LogP contribution >= 0.6 is 0 Å². The van der Waals surface area contributed by atoms with Gasteiger partial charge in [0.05, 0.1) is 18.7 Å². The van der Waals surface area contributed by atoms with Crippen LogP contribution in [0.2, 0.25) is 0 Å². The number of carbonyl (C=O) groups is 1. The molecule has 118 valence electrons. The lowest BCUT2D eigenvalue weighted by atomic mass is 10.1. The summed E-state index contributed by atoms with van der Waals surface area (Å²) < 4.78 is 13.7. The predicted molar refractivity (Wildman–Crippen MR) is 86.2 cm³/mol. The highest BCUT2D eigenvalue weighted by Crippen LogP contribution is 2.10. The van der Waals surface area contributed by atoms with Gasteiger partial charge in [-0.2, -0.15) is 5.26 Å². The second-order valence-corrected chi connectivity index (χ2v) is 5.52. The number of nitrogens with one attached hydrogen (secondary N) is 2. The first-order valence-corrected chi connectivity index (χ1v) is 7.38. The number of quaternary nitrogens is 1. The molecular formula is C18H19FN3O+. The van der Waals surface area contributed by atoms with Crippen LogP contribution in [0.5, 0.6) is 0 Å². The molecule has 1 amide bonds. The third-order valence-corrected chi connectivity index (χ3v) is 3.82. The molecule has 4 nitrogen and oxygen atoms in total. The number of nitrogens with zero attached hydrogens (tertiary/aromatic N) is 1. The number of nitriles is 1. The zero-order chi connectivity index (χ0) is 16.8. The molecule has 0 radical (unpaired) electrons. The summed E-state index contributed by atoms with van der Waals surface area (Å²) >= 11 is 0. The number of amides is 1. The first-order valence-electron chi connectivity index (χ1n) is 7.38. The van der Waals surface area contributed by atoms with Gasteiger partial charge in [0.25, 0.3) is 5.91 Å². The summed E-state index contributed by atoms with van der Waals surface area (Å²) in [5.41, 5.74) is 1.65. The highest BCUT2D eigenvalue weighted by Gasteiger charge is 2.23. The number of hydrogen-bond acceptors (Lipinski definition) is 2. The highest BCUT2D eigenvalue weighted by atomic mass is 19.1. The summed E-state index contributed by atoms with van der Waals surface area (Å²) in [7, 11) is 1.85. The maximum atomic E-state index is 13.7. The Bertz CT molecular complexity index is 739. The number of hydrogen-bond donors (Lipinski definition) is 2. The van der Waals surface area contributed by atoms with Crippen LogP contribution in [0.4, 0.5) is 10.1 Å². The minimum absolute atomic E-state index is 0.172. The quantitative estimate of drug-likeness (QED) is 0.883. The van der Waals surface area contributed by atoms with Crippen molar-refractivity contribution in [1.29, 1.82) is 5.26 Å². The molecule has 0 heterocycles. The Kier molecular flexibility index (Phi) is 5.45. The fourth-order valence-corrected chi connectivity index (χ4v) is 2.24. The highest BCUT2D eigenvalue weighted by molar-refractivity contribution is 5.93. The van der Waals surface area contributed by atoms with E-state index in [4.69, 9.17) is 5.26 Å². The van der Waals surface area contributed by atoms with Crippen LogP contribution in [0.25, 0.3) is 0 Å². The lowest BCUT2D eigenvalue weighted by Gasteiger charge is -2.21. The zero-order valence-electron chi connectivity index (χ0n) is 13.1. The van der Waals surface area contributed by atoms with Crippen molar-refractivity contribution < 1.29 is 14.1 Å². The normalized spacial score (nSPS) is 13.0. The van der Waals surface area contributed by atoms with E-state index in [1.165, 1.54) is 6.07 Å². The number of carbonyl (C=O) groups excluding carboxylic acids is 1. The van der Waals surface area contributed by atoms with E-state index in [1.807, 2.05) is 13.1 Å². The molecule has 0 aromatic heterocycles. The molecule has 0 saturated carbocycles. The van der Waals surface area contributed by atoms with E-state index in [-0.39, 0.29) is 17.8 Å². The van der Waals surface area contributed by atoms with Gasteiger partial charge in [0.15, 0.2) is 6.04 Å². The first kappa shape index (κ1) is 16.7. The molecule has 0 bridgehead atoms. The van der Waals surface area contributed by atoms with E-state index < -0.39 is 0 Å². The van der Waals surface area contributed by atoms with E-state index in [2.05, 4.69) is 5.32 Å². The van der Waals surface area contributed by atoms with Crippen molar-refractivity contribution in [3.8, 4) is 6.07 Å². The van der Waals surface area contributed by atoms with Gasteiger partial charge < -0.3 is 10.2 Å². The summed E-state index contributed by atoms with van der Waals surface area (Å²) in [4.78, 5) is 13.2. The first-order chi connectivity index (χ1) is 11.0. The lowest BCUT2D eigenvalue weighted by Crippen LogP contribution is -3.12. The van der Waals surface area contributed by atoms with Crippen molar-refractivity contribution in [2.75, 3.05) is 12.4 Å². The van der Waals surface area contributed by atoms with Crippen LogP contribution in [0.3, 0.4) is 0 Å². The maximum absolute atomic E-state index is 13.7. The topological polar surface area (TPSA) is 57.3 Å². The minimum atomic E-state index is -0.361. The molecular weight excluding hydrogens is 293 g/mol. The monoisotopic (exact) mass is 312 g/mol. The van der Waals surface area contributed by atoms with Gasteiger partial charge in [-0.25, -0.2) is 4.39 Å². The van der Waals surface area contributed by atoms with Crippen LogP contribution in [-0.4, -0.2) is 19.0 Å². The zero-order valence-corrected chi connectivity index (χ0v) is 13.1. The molecule has 0 aliphatic rings. The van der Waals surface area contributed by atoms with Crippen molar-refractivity contribution in [3.05, 3.63) is 65.5 Å². The molecule has 2 aromatic rings. The summed E-state index contributed by atoms with van der Waals surface area (Å²) in [6, 6.07) is 15.0. The van der Waals surface area contributed by atoms with Crippen LogP contribution in [0, 0.1) is 17.1 Å². The summed E-state index contributed by atoms with van der Waals surface area (Å²) in [6.07, 6.45) is 0. The van der Waals surface area contributed by atoms with Gasteiger partial charge in [-0.3, -0.25) is 4.79 Å². The Balaban J connectivity index is 2.01. The van der Waals surface area contributed by atoms with Gasteiger partial charge in [0.2, 0.25) is 0 Å². The van der Waals surface area contributed by atoms with Crippen LogP contribution < -0.4 is 10.2 Å². The van der Waals surface area contributed by atoms with Crippen molar-refractivity contribution in [3.63, 3.8) is 0 Å². The van der Waals surface area contributed by atoms with Crippen molar-refractivity contribution in [2.24, 2.45) is 0 Å². The molecule has 0 spiro atoms. The standard InChI is InChI=1S/C18H18FN3O/c1-13(22(2)12-15-7-3-4-9-17(15)19)18(23)21-16-8-5-6-14(10-16)11-20/h3-10,13H,12H2,1-2H3,(H,21,23)/p+1/t13-/m0/s1. The van der Waals surface area contributed by atoms with Crippen molar-refractivity contribution in [2.45, 2.75) is 19.5 Å². The Labute approximate surface area is 135 Å². The van der Waals surface area contributed by atoms with Gasteiger partial charge in [-0.15, -0.1) is 0 Å². The van der Waals surface area contributed by atoms with Gasteiger partial charge in [0.1, 0.15) is 12.4 Å². The van der Waals surface area contributed by atoms with Gasteiger partial charge in [-0.05, 0) is 31.2 Å². The third kappa shape index (κ3) is 4.38. The van der Waals surface area contributed by atoms with E-state index in [0.717, 1.165) is 4.90 Å². The number of benzene rings is 2. The molecule has 5 heteroatoms. The largest absolute Gasteiger partial charge is 0.324 e. The summed E-state index contributed by atoms with van der Waals surface area (Å²) in [6.45, 7) is 2.21. The smallest absolute Gasteiger partial charge is 0.282 e. The number of anilines is 1. The molecule has 2 rings (SSSR count). The van der Waals surface area contributed by atoms with Crippen LogP contribution in [0.15, 0.2) is 48.5 Å². The number of halogens is 1. The Morgan fingerprint density at radius 1 is 1.30 bits per heavy atom. The van der Waals surface area contributed by atoms with Crippen LogP contribution in [0.1, 0.15) is 18.1 Å². The Morgan fingerprint density at radius 2 is 2.04 bits per heavy atom.